The third-order valence-corrected chi connectivity index (χ3v) is 5.11. The monoisotopic (exact) mass is 297 g/mol. The summed E-state index contributed by atoms with van der Waals surface area (Å²) in [6, 6.07) is 0.606. The second-order valence-electron chi connectivity index (χ2n) is 7.16. The first-order chi connectivity index (χ1) is 10.2. The molecule has 0 radical (unpaired) electrons. The molecule has 4 nitrogen and oxygen atoms in total. The maximum atomic E-state index is 10.2. The van der Waals surface area contributed by atoms with Crippen LogP contribution in [0.4, 0.5) is 0 Å². The Kier molecular flexibility index (Phi) is 7.44. The molecule has 2 saturated heterocycles. The Morgan fingerprint density at radius 2 is 1.67 bits per heavy atom. The molecule has 0 aromatic rings. The van der Waals surface area contributed by atoms with Crippen molar-refractivity contribution in [2.75, 3.05) is 45.8 Å². The second kappa shape index (κ2) is 9.09. The Labute approximate surface area is 130 Å². The minimum absolute atomic E-state index is 0.216. The smallest absolute Gasteiger partial charge is 0.0791 e. The lowest BCUT2D eigenvalue weighted by molar-refractivity contribution is 0.0856. The van der Waals surface area contributed by atoms with Crippen molar-refractivity contribution in [1.82, 2.24) is 15.1 Å². The summed E-state index contributed by atoms with van der Waals surface area (Å²) in [6.45, 7) is 12.2. The maximum Gasteiger partial charge on any atom is 0.0791 e. The summed E-state index contributed by atoms with van der Waals surface area (Å²) < 4.78 is 0. The number of nitrogens with one attached hydrogen (secondary N) is 1. The van der Waals surface area contributed by atoms with Crippen LogP contribution in [-0.4, -0.2) is 72.9 Å². The number of aliphatic hydroxyl groups is 1. The molecule has 0 amide bonds. The molecule has 0 aromatic carbocycles. The fourth-order valence-electron chi connectivity index (χ4n) is 3.59. The standard InChI is InChI=1S/C17H35N3O/c1-3-8-19-11-6-16(7-12-19)18-13-17(21)14-20-9-4-15(2)5-10-20/h15-18,21H,3-14H2,1-2H3. The molecule has 1 unspecified atom stereocenters. The number of nitrogens with zero attached hydrogens (tertiary/aromatic N) is 2. The van der Waals surface area contributed by atoms with E-state index in [0.717, 1.165) is 32.1 Å². The summed E-state index contributed by atoms with van der Waals surface area (Å²) in [5.74, 6) is 0.866. The lowest BCUT2D eigenvalue weighted by Gasteiger charge is -2.34. The summed E-state index contributed by atoms with van der Waals surface area (Å²) in [7, 11) is 0. The fourth-order valence-corrected chi connectivity index (χ4v) is 3.59. The summed E-state index contributed by atoms with van der Waals surface area (Å²) in [5, 5.41) is 13.8. The van der Waals surface area contributed by atoms with E-state index in [1.807, 2.05) is 0 Å². The lowest BCUT2D eigenvalue weighted by atomic mass is 9.99. The first kappa shape index (κ1) is 17.2. The summed E-state index contributed by atoms with van der Waals surface area (Å²) in [5.41, 5.74) is 0. The normalized spacial score (nSPS) is 25.3. The molecule has 2 rings (SSSR count). The molecule has 2 aliphatic heterocycles. The van der Waals surface area contributed by atoms with Crippen molar-refractivity contribution in [1.29, 1.82) is 0 Å². The van der Waals surface area contributed by atoms with Crippen LogP contribution in [0.5, 0.6) is 0 Å². The van der Waals surface area contributed by atoms with Gasteiger partial charge < -0.3 is 20.2 Å². The van der Waals surface area contributed by atoms with Gasteiger partial charge >= 0.3 is 0 Å². The van der Waals surface area contributed by atoms with E-state index in [2.05, 4.69) is 29.0 Å². The van der Waals surface area contributed by atoms with Crippen molar-refractivity contribution in [3.63, 3.8) is 0 Å². The minimum atomic E-state index is -0.216. The molecular formula is C17H35N3O. The highest BCUT2D eigenvalue weighted by molar-refractivity contribution is 4.79. The predicted molar refractivity (Wildman–Crippen MR) is 88.6 cm³/mol. The van der Waals surface area contributed by atoms with Gasteiger partial charge in [-0.25, -0.2) is 0 Å². The van der Waals surface area contributed by atoms with E-state index in [-0.39, 0.29) is 6.10 Å². The van der Waals surface area contributed by atoms with Gasteiger partial charge in [-0.3, -0.25) is 0 Å². The summed E-state index contributed by atoms with van der Waals surface area (Å²) in [4.78, 5) is 4.99. The zero-order valence-corrected chi connectivity index (χ0v) is 14.1. The van der Waals surface area contributed by atoms with Gasteiger partial charge in [0.15, 0.2) is 0 Å². The fraction of sp³-hybridized carbons (Fsp3) is 1.00. The Hall–Kier alpha value is -0.160. The Bertz CT molecular complexity index is 271. The largest absolute Gasteiger partial charge is 0.390 e. The number of hydrogen-bond acceptors (Lipinski definition) is 4. The molecule has 1 atom stereocenters. The number of β-amino-alcohol motifs (C(OH)–C–C–N with tert-alkyl or cyclic N) is 1. The zero-order chi connectivity index (χ0) is 15.1. The SMILES string of the molecule is CCCN1CCC(NCC(O)CN2CCC(C)CC2)CC1. The molecule has 0 bridgehead atoms. The van der Waals surface area contributed by atoms with Gasteiger partial charge in [0.1, 0.15) is 0 Å². The zero-order valence-electron chi connectivity index (χ0n) is 14.1. The van der Waals surface area contributed by atoms with Crippen LogP contribution in [0.15, 0.2) is 0 Å². The van der Waals surface area contributed by atoms with Crippen LogP contribution in [0.2, 0.25) is 0 Å². The number of hydrogen-bond donors (Lipinski definition) is 2. The Morgan fingerprint density at radius 1 is 1.05 bits per heavy atom. The molecule has 2 heterocycles. The number of likely N-dealkylation sites (tertiary alicyclic amines) is 2. The van der Waals surface area contributed by atoms with Crippen molar-refractivity contribution >= 4 is 0 Å². The van der Waals surface area contributed by atoms with Crippen LogP contribution in [-0.2, 0) is 0 Å². The van der Waals surface area contributed by atoms with Crippen molar-refractivity contribution in [2.45, 2.75) is 58.1 Å². The van der Waals surface area contributed by atoms with Crippen molar-refractivity contribution in [2.24, 2.45) is 5.92 Å². The molecule has 0 saturated carbocycles. The molecule has 124 valence electrons. The molecule has 0 spiro atoms. The third kappa shape index (κ3) is 6.23. The third-order valence-electron chi connectivity index (χ3n) is 5.11. The van der Waals surface area contributed by atoms with Crippen LogP contribution in [0.3, 0.4) is 0 Å². The van der Waals surface area contributed by atoms with Gasteiger partial charge in [-0.05, 0) is 70.7 Å². The second-order valence-corrected chi connectivity index (χ2v) is 7.16. The average Bonchev–Trinajstić information content (AvgIpc) is 2.49. The van der Waals surface area contributed by atoms with Crippen molar-refractivity contribution in [3.05, 3.63) is 0 Å². The van der Waals surface area contributed by atoms with Crippen molar-refractivity contribution in [3.8, 4) is 0 Å². The van der Waals surface area contributed by atoms with Gasteiger partial charge in [0.2, 0.25) is 0 Å². The number of rotatable bonds is 7. The Balaban J connectivity index is 1.56. The van der Waals surface area contributed by atoms with Gasteiger partial charge in [0, 0.05) is 19.1 Å². The van der Waals surface area contributed by atoms with E-state index < -0.39 is 0 Å². The van der Waals surface area contributed by atoms with Crippen LogP contribution >= 0.6 is 0 Å². The van der Waals surface area contributed by atoms with Gasteiger partial charge in [0.25, 0.3) is 0 Å². The number of piperidine rings is 2. The van der Waals surface area contributed by atoms with E-state index in [1.165, 1.54) is 51.7 Å². The minimum Gasteiger partial charge on any atom is -0.390 e. The van der Waals surface area contributed by atoms with Crippen LogP contribution in [0.25, 0.3) is 0 Å². The van der Waals surface area contributed by atoms with Crippen molar-refractivity contribution < 1.29 is 5.11 Å². The predicted octanol–water partition coefficient (Wildman–Crippen LogP) is 1.54. The molecule has 21 heavy (non-hydrogen) atoms. The molecule has 4 heteroatoms. The van der Waals surface area contributed by atoms with E-state index in [9.17, 15) is 5.11 Å². The Morgan fingerprint density at radius 3 is 2.29 bits per heavy atom. The molecule has 2 fully saturated rings. The van der Waals surface area contributed by atoms with E-state index in [4.69, 9.17) is 0 Å². The highest BCUT2D eigenvalue weighted by Crippen LogP contribution is 2.16. The molecule has 2 aliphatic rings. The molecular weight excluding hydrogens is 262 g/mol. The lowest BCUT2D eigenvalue weighted by Crippen LogP contribution is -2.47. The molecule has 0 aromatic heterocycles. The van der Waals surface area contributed by atoms with Crippen LogP contribution in [0, 0.1) is 5.92 Å². The first-order valence-electron chi connectivity index (χ1n) is 9.03. The summed E-state index contributed by atoms with van der Waals surface area (Å²) in [6.07, 6.45) is 6.08. The highest BCUT2D eigenvalue weighted by atomic mass is 16.3. The highest BCUT2D eigenvalue weighted by Gasteiger charge is 2.21. The first-order valence-corrected chi connectivity index (χ1v) is 9.03. The van der Waals surface area contributed by atoms with Gasteiger partial charge in [-0.2, -0.15) is 0 Å². The quantitative estimate of drug-likeness (QED) is 0.748. The molecule has 0 aliphatic carbocycles. The summed E-state index contributed by atoms with van der Waals surface area (Å²) >= 11 is 0. The van der Waals surface area contributed by atoms with Crippen LogP contribution in [0.1, 0.15) is 46.0 Å². The maximum absolute atomic E-state index is 10.2. The van der Waals surface area contributed by atoms with Gasteiger partial charge in [-0.1, -0.05) is 13.8 Å². The number of aliphatic hydroxyl groups excluding tert-OH is 1. The van der Waals surface area contributed by atoms with E-state index in [1.54, 1.807) is 0 Å². The molecule has 2 N–H and O–H groups in total. The van der Waals surface area contributed by atoms with E-state index >= 15 is 0 Å². The van der Waals surface area contributed by atoms with E-state index in [0.29, 0.717) is 6.04 Å². The van der Waals surface area contributed by atoms with Crippen LogP contribution < -0.4 is 5.32 Å². The average molecular weight is 297 g/mol. The van der Waals surface area contributed by atoms with Gasteiger partial charge in [-0.15, -0.1) is 0 Å². The van der Waals surface area contributed by atoms with Gasteiger partial charge in [0.05, 0.1) is 6.10 Å². The topological polar surface area (TPSA) is 38.7 Å².